The van der Waals surface area contributed by atoms with Gasteiger partial charge in [0.15, 0.2) is 11.6 Å². The summed E-state index contributed by atoms with van der Waals surface area (Å²) in [5.74, 6) is 5.75. The van der Waals surface area contributed by atoms with Crippen molar-refractivity contribution in [3.63, 3.8) is 0 Å². The summed E-state index contributed by atoms with van der Waals surface area (Å²) < 4.78 is 37.6. The van der Waals surface area contributed by atoms with Crippen LogP contribution in [-0.4, -0.2) is 9.97 Å². The van der Waals surface area contributed by atoms with Gasteiger partial charge in [0.05, 0.1) is 18.0 Å². The predicted octanol–water partition coefficient (Wildman–Crippen LogP) is 2.52. The summed E-state index contributed by atoms with van der Waals surface area (Å²) in [7, 11) is 0. The Bertz CT molecular complexity index is 570. The van der Waals surface area contributed by atoms with Crippen LogP contribution >= 0.6 is 0 Å². The average molecular weight is 269 g/mol. The molecule has 0 aliphatic heterocycles. The molecule has 0 bridgehead atoms. The number of alkyl halides is 3. The Morgan fingerprint density at radius 3 is 2.53 bits per heavy atom. The number of nitrogens with one attached hydrogen (secondary N) is 2. The standard InChI is InChI=1S/C11H10F3N5/c12-11(13,14)7-2-1-3-8(4-7)17-9-5-16-6-10(18-9)19-15/h1-6H,15H2,(H2,17,18,19). The number of nitrogen functional groups attached to an aromatic ring is 1. The Kier molecular flexibility index (Phi) is 3.52. The van der Waals surface area contributed by atoms with Gasteiger partial charge in [0.25, 0.3) is 0 Å². The van der Waals surface area contributed by atoms with E-state index in [2.05, 4.69) is 20.7 Å². The fourth-order valence-corrected chi connectivity index (χ4v) is 1.42. The monoisotopic (exact) mass is 269 g/mol. The normalized spacial score (nSPS) is 11.2. The van der Waals surface area contributed by atoms with Crippen LogP contribution in [0, 0.1) is 0 Å². The Hall–Kier alpha value is -2.35. The summed E-state index contributed by atoms with van der Waals surface area (Å²) in [5.41, 5.74) is 1.82. The Labute approximate surface area is 106 Å². The number of aromatic nitrogens is 2. The first-order valence-electron chi connectivity index (χ1n) is 5.22. The van der Waals surface area contributed by atoms with Crippen LogP contribution in [0.1, 0.15) is 5.56 Å². The molecule has 0 atom stereocenters. The fourth-order valence-electron chi connectivity index (χ4n) is 1.42. The van der Waals surface area contributed by atoms with Gasteiger partial charge in [-0.05, 0) is 18.2 Å². The predicted molar refractivity (Wildman–Crippen MR) is 64.6 cm³/mol. The molecule has 0 radical (unpaired) electrons. The Morgan fingerprint density at radius 1 is 1.11 bits per heavy atom. The molecule has 0 unspecified atom stereocenters. The number of halogens is 3. The number of nitrogens with zero attached hydrogens (tertiary/aromatic N) is 2. The molecule has 5 nitrogen and oxygen atoms in total. The second kappa shape index (κ2) is 5.11. The molecule has 1 aromatic heterocycles. The van der Waals surface area contributed by atoms with Gasteiger partial charge in [-0.2, -0.15) is 13.2 Å². The lowest BCUT2D eigenvalue weighted by molar-refractivity contribution is -0.137. The van der Waals surface area contributed by atoms with Gasteiger partial charge in [-0.15, -0.1) is 0 Å². The number of hydrazine groups is 1. The molecule has 0 aliphatic carbocycles. The number of anilines is 3. The third-order valence-corrected chi connectivity index (χ3v) is 2.24. The molecule has 2 rings (SSSR count). The molecular weight excluding hydrogens is 259 g/mol. The molecule has 4 N–H and O–H groups in total. The van der Waals surface area contributed by atoms with Gasteiger partial charge >= 0.3 is 6.18 Å². The zero-order chi connectivity index (χ0) is 13.9. The van der Waals surface area contributed by atoms with Crippen molar-refractivity contribution < 1.29 is 13.2 Å². The van der Waals surface area contributed by atoms with Gasteiger partial charge in [0, 0.05) is 5.69 Å². The molecule has 0 amide bonds. The zero-order valence-electron chi connectivity index (χ0n) is 9.57. The van der Waals surface area contributed by atoms with Crippen molar-refractivity contribution in [2.75, 3.05) is 10.7 Å². The smallest absolute Gasteiger partial charge is 0.339 e. The van der Waals surface area contributed by atoms with Crippen molar-refractivity contribution in [1.29, 1.82) is 0 Å². The molecule has 8 heteroatoms. The molecular formula is C11H10F3N5. The minimum absolute atomic E-state index is 0.262. The van der Waals surface area contributed by atoms with Crippen LogP contribution < -0.4 is 16.6 Å². The van der Waals surface area contributed by atoms with Crippen molar-refractivity contribution in [2.45, 2.75) is 6.18 Å². The average Bonchev–Trinajstić information content (AvgIpc) is 2.38. The van der Waals surface area contributed by atoms with Crippen LogP contribution in [0.2, 0.25) is 0 Å². The van der Waals surface area contributed by atoms with Crippen LogP contribution in [0.3, 0.4) is 0 Å². The van der Waals surface area contributed by atoms with Crippen molar-refractivity contribution in [3.05, 3.63) is 42.2 Å². The molecule has 0 spiro atoms. The fraction of sp³-hybridized carbons (Fsp3) is 0.0909. The van der Waals surface area contributed by atoms with Crippen LogP contribution in [0.5, 0.6) is 0 Å². The zero-order valence-corrected chi connectivity index (χ0v) is 9.57. The van der Waals surface area contributed by atoms with E-state index in [4.69, 9.17) is 5.84 Å². The Balaban J connectivity index is 2.23. The van der Waals surface area contributed by atoms with E-state index in [-0.39, 0.29) is 11.5 Å². The maximum atomic E-state index is 12.5. The SMILES string of the molecule is NNc1cncc(Nc2cccc(C(F)(F)F)c2)n1. The largest absolute Gasteiger partial charge is 0.416 e. The van der Waals surface area contributed by atoms with Crippen LogP contribution in [0.4, 0.5) is 30.5 Å². The van der Waals surface area contributed by atoms with E-state index < -0.39 is 11.7 Å². The van der Waals surface area contributed by atoms with E-state index in [0.717, 1.165) is 12.1 Å². The highest BCUT2D eigenvalue weighted by atomic mass is 19.4. The number of hydrogen-bond donors (Lipinski definition) is 3. The Morgan fingerprint density at radius 2 is 1.84 bits per heavy atom. The van der Waals surface area contributed by atoms with E-state index in [1.54, 1.807) is 0 Å². The lowest BCUT2D eigenvalue weighted by atomic mass is 10.2. The number of hydrogen-bond acceptors (Lipinski definition) is 5. The topological polar surface area (TPSA) is 75.9 Å². The highest BCUT2D eigenvalue weighted by molar-refractivity contribution is 5.57. The third-order valence-electron chi connectivity index (χ3n) is 2.24. The molecule has 1 aromatic carbocycles. The van der Waals surface area contributed by atoms with Crippen molar-refractivity contribution in [3.8, 4) is 0 Å². The van der Waals surface area contributed by atoms with E-state index in [1.807, 2.05) is 0 Å². The van der Waals surface area contributed by atoms with E-state index >= 15 is 0 Å². The summed E-state index contributed by atoms with van der Waals surface area (Å²) in [4.78, 5) is 7.82. The third kappa shape index (κ3) is 3.32. The lowest BCUT2D eigenvalue weighted by Gasteiger charge is -2.10. The van der Waals surface area contributed by atoms with E-state index in [1.165, 1.54) is 24.5 Å². The van der Waals surface area contributed by atoms with Gasteiger partial charge in [0.2, 0.25) is 0 Å². The molecule has 100 valence electrons. The minimum Gasteiger partial charge on any atom is -0.339 e. The van der Waals surface area contributed by atoms with E-state index in [9.17, 15) is 13.2 Å². The van der Waals surface area contributed by atoms with E-state index in [0.29, 0.717) is 5.82 Å². The second-order valence-corrected chi connectivity index (χ2v) is 3.64. The maximum absolute atomic E-state index is 12.5. The molecule has 19 heavy (non-hydrogen) atoms. The van der Waals surface area contributed by atoms with Gasteiger partial charge in [-0.1, -0.05) is 6.07 Å². The molecule has 2 aromatic rings. The summed E-state index contributed by atoms with van der Waals surface area (Å²) >= 11 is 0. The number of benzene rings is 1. The highest BCUT2D eigenvalue weighted by Crippen LogP contribution is 2.31. The van der Waals surface area contributed by atoms with Crippen LogP contribution in [-0.2, 0) is 6.18 Å². The minimum atomic E-state index is -4.38. The molecule has 0 aliphatic rings. The van der Waals surface area contributed by atoms with Crippen LogP contribution in [0.15, 0.2) is 36.7 Å². The quantitative estimate of drug-likeness (QED) is 0.589. The van der Waals surface area contributed by atoms with Gasteiger partial charge in [-0.25, -0.2) is 10.8 Å². The summed E-state index contributed by atoms with van der Waals surface area (Å²) in [6.07, 6.45) is -1.62. The van der Waals surface area contributed by atoms with Crippen LogP contribution in [0.25, 0.3) is 0 Å². The summed E-state index contributed by atoms with van der Waals surface area (Å²) in [6, 6.07) is 4.79. The summed E-state index contributed by atoms with van der Waals surface area (Å²) in [6.45, 7) is 0. The maximum Gasteiger partial charge on any atom is 0.416 e. The summed E-state index contributed by atoms with van der Waals surface area (Å²) in [5, 5.41) is 2.72. The highest BCUT2D eigenvalue weighted by Gasteiger charge is 2.30. The van der Waals surface area contributed by atoms with Crippen molar-refractivity contribution in [1.82, 2.24) is 9.97 Å². The van der Waals surface area contributed by atoms with Crippen molar-refractivity contribution in [2.24, 2.45) is 5.84 Å². The van der Waals surface area contributed by atoms with Gasteiger partial charge < -0.3 is 10.7 Å². The first-order valence-corrected chi connectivity index (χ1v) is 5.22. The van der Waals surface area contributed by atoms with Gasteiger partial charge in [-0.3, -0.25) is 4.98 Å². The first kappa shape index (κ1) is 13.1. The second-order valence-electron chi connectivity index (χ2n) is 3.64. The molecule has 0 fully saturated rings. The number of rotatable bonds is 3. The molecule has 0 saturated heterocycles. The molecule has 0 saturated carbocycles. The number of nitrogens with two attached hydrogens (primary N) is 1. The lowest BCUT2D eigenvalue weighted by Crippen LogP contribution is -2.10. The van der Waals surface area contributed by atoms with Crippen molar-refractivity contribution >= 4 is 17.3 Å². The molecule has 1 heterocycles. The first-order chi connectivity index (χ1) is 8.99. The van der Waals surface area contributed by atoms with Gasteiger partial charge in [0.1, 0.15) is 0 Å².